The van der Waals surface area contributed by atoms with Gasteiger partial charge in [0, 0.05) is 25.5 Å². The minimum atomic E-state index is 0.312. The van der Waals surface area contributed by atoms with E-state index in [-0.39, 0.29) is 0 Å². The number of rotatable bonds is 13. The first-order valence-electron chi connectivity index (χ1n) is 8.93. The van der Waals surface area contributed by atoms with Crippen LogP contribution in [0.25, 0.3) is 0 Å². The molecule has 1 aliphatic rings. The third-order valence-corrected chi connectivity index (χ3v) is 4.07. The van der Waals surface area contributed by atoms with Crippen LogP contribution in [0.3, 0.4) is 0 Å². The van der Waals surface area contributed by atoms with Gasteiger partial charge in [-0.15, -0.1) is 0 Å². The predicted octanol–water partition coefficient (Wildman–Crippen LogP) is 4.12. The summed E-state index contributed by atoms with van der Waals surface area (Å²) in [6, 6.07) is 0. The van der Waals surface area contributed by atoms with Gasteiger partial charge < -0.3 is 16.0 Å². The van der Waals surface area contributed by atoms with E-state index in [0.717, 1.165) is 6.54 Å². The highest BCUT2D eigenvalue weighted by molar-refractivity contribution is 5.04. The Morgan fingerprint density at radius 3 is 2.38 bits per heavy atom. The van der Waals surface area contributed by atoms with Crippen LogP contribution in [0, 0.1) is 0 Å². The maximum Gasteiger partial charge on any atom is 0.118 e. The van der Waals surface area contributed by atoms with Gasteiger partial charge in [-0.3, -0.25) is 0 Å². The van der Waals surface area contributed by atoms with Crippen molar-refractivity contribution in [3.05, 3.63) is 24.6 Å². The molecule has 0 radical (unpaired) electrons. The van der Waals surface area contributed by atoms with Gasteiger partial charge in [-0.2, -0.15) is 0 Å². The molecule has 0 aromatic carbocycles. The van der Waals surface area contributed by atoms with E-state index in [4.69, 9.17) is 5.73 Å². The van der Waals surface area contributed by atoms with Crippen LogP contribution in [0.15, 0.2) is 24.6 Å². The SMILES string of the molecule is CCCCCCCCCCC/C=C/C1NC=CN1CCN. The summed E-state index contributed by atoms with van der Waals surface area (Å²) in [6.45, 7) is 3.89. The topological polar surface area (TPSA) is 41.3 Å². The number of unbranched alkanes of at least 4 members (excludes halogenated alkanes) is 9. The fourth-order valence-electron chi connectivity index (χ4n) is 2.75. The summed E-state index contributed by atoms with van der Waals surface area (Å²) in [5.41, 5.74) is 5.60. The van der Waals surface area contributed by atoms with Crippen molar-refractivity contribution >= 4 is 0 Å². The van der Waals surface area contributed by atoms with E-state index in [1.54, 1.807) is 0 Å². The van der Waals surface area contributed by atoms with Crippen LogP contribution in [-0.2, 0) is 0 Å². The molecule has 0 spiro atoms. The van der Waals surface area contributed by atoms with Crippen molar-refractivity contribution in [2.24, 2.45) is 5.73 Å². The smallest absolute Gasteiger partial charge is 0.118 e. The van der Waals surface area contributed by atoms with Gasteiger partial charge in [0.15, 0.2) is 0 Å². The molecule has 0 aliphatic carbocycles. The van der Waals surface area contributed by atoms with Crippen molar-refractivity contribution in [1.29, 1.82) is 0 Å². The number of nitrogens with zero attached hydrogens (tertiary/aromatic N) is 1. The minimum Gasteiger partial charge on any atom is -0.367 e. The maximum absolute atomic E-state index is 5.60. The lowest BCUT2D eigenvalue weighted by Gasteiger charge is -2.21. The van der Waals surface area contributed by atoms with Crippen LogP contribution in [-0.4, -0.2) is 24.2 Å². The van der Waals surface area contributed by atoms with Crippen molar-refractivity contribution in [2.75, 3.05) is 13.1 Å². The van der Waals surface area contributed by atoms with E-state index in [1.165, 1.54) is 64.2 Å². The van der Waals surface area contributed by atoms with Gasteiger partial charge in [0.2, 0.25) is 0 Å². The lowest BCUT2D eigenvalue weighted by atomic mass is 10.1. The molecule has 0 aromatic rings. The second kappa shape index (κ2) is 12.8. The predicted molar refractivity (Wildman–Crippen MR) is 92.8 cm³/mol. The molecular formula is C18H35N3. The van der Waals surface area contributed by atoms with Crippen LogP contribution in [0.4, 0.5) is 0 Å². The van der Waals surface area contributed by atoms with Crippen LogP contribution >= 0.6 is 0 Å². The molecule has 1 heterocycles. The largest absolute Gasteiger partial charge is 0.367 e. The first-order valence-corrected chi connectivity index (χ1v) is 8.93. The molecule has 1 atom stereocenters. The molecular weight excluding hydrogens is 258 g/mol. The summed E-state index contributed by atoms with van der Waals surface area (Å²) in [7, 11) is 0. The van der Waals surface area contributed by atoms with Crippen molar-refractivity contribution in [2.45, 2.75) is 77.3 Å². The van der Waals surface area contributed by atoms with E-state index < -0.39 is 0 Å². The Balaban J connectivity index is 1.91. The third kappa shape index (κ3) is 8.82. The van der Waals surface area contributed by atoms with E-state index in [9.17, 15) is 0 Å². The van der Waals surface area contributed by atoms with Crippen molar-refractivity contribution in [3.63, 3.8) is 0 Å². The highest BCUT2D eigenvalue weighted by Crippen LogP contribution is 2.11. The lowest BCUT2D eigenvalue weighted by Crippen LogP contribution is -2.36. The van der Waals surface area contributed by atoms with E-state index in [0.29, 0.717) is 12.7 Å². The van der Waals surface area contributed by atoms with Crippen molar-refractivity contribution in [1.82, 2.24) is 10.2 Å². The highest BCUT2D eigenvalue weighted by Gasteiger charge is 2.13. The van der Waals surface area contributed by atoms with Crippen LogP contribution in [0.5, 0.6) is 0 Å². The molecule has 0 saturated carbocycles. The second-order valence-corrected chi connectivity index (χ2v) is 6.00. The van der Waals surface area contributed by atoms with Gasteiger partial charge >= 0.3 is 0 Å². The number of allylic oxidation sites excluding steroid dienone is 1. The quantitative estimate of drug-likeness (QED) is 0.396. The molecule has 21 heavy (non-hydrogen) atoms. The molecule has 0 amide bonds. The molecule has 1 rings (SSSR count). The maximum atomic E-state index is 5.60. The summed E-state index contributed by atoms with van der Waals surface area (Å²) < 4.78 is 0. The van der Waals surface area contributed by atoms with E-state index in [1.807, 2.05) is 6.20 Å². The monoisotopic (exact) mass is 293 g/mol. The molecule has 122 valence electrons. The van der Waals surface area contributed by atoms with Gasteiger partial charge in [0.05, 0.1) is 0 Å². The molecule has 3 heteroatoms. The van der Waals surface area contributed by atoms with Crippen LogP contribution in [0.2, 0.25) is 0 Å². The van der Waals surface area contributed by atoms with Gasteiger partial charge in [0.1, 0.15) is 6.17 Å². The molecule has 0 aromatic heterocycles. The average molecular weight is 293 g/mol. The molecule has 1 aliphatic heterocycles. The Morgan fingerprint density at radius 1 is 1.05 bits per heavy atom. The van der Waals surface area contributed by atoms with Crippen LogP contribution < -0.4 is 11.1 Å². The Bertz CT molecular complexity index is 286. The second-order valence-electron chi connectivity index (χ2n) is 6.00. The highest BCUT2D eigenvalue weighted by atomic mass is 15.3. The Kier molecular flexibility index (Phi) is 11.0. The van der Waals surface area contributed by atoms with E-state index >= 15 is 0 Å². The standard InChI is InChI=1S/C18H35N3/c1-2-3-4-5-6-7-8-9-10-11-12-13-18-20-15-17-21(18)16-14-19/h12-13,15,17-18,20H,2-11,14,16,19H2,1H3/b13-12+. The molecule has 1 unspecified atom stereocenters. The fraction of sp³-hybridized carbons (Fsp3) is 0.778. The van der Waals surface area contributed by atoms with Crippen molar-refractivity contribution < 1.29 is 0 Å². The minimum absolute atomic E-state index is 0.312. The number of nitrogens with one attached hydrogen (secondary N) is 1. The molecule has 0 fully saturated rings. The average Bonchev–Trinajstić information content (AvgIpc) is 2.92. The number of hydrogen-bond acceptors (Lipinski definition) is 3. The summed E-state index contributed by atoms with van der Waals surface area (Å²) in [5.74, 6) is 0. The van der Waals surface area contributed by atoms with Gasteiger partial charge in [-0.25, -0.2) is 0 Å². The first kappa shape index (κ1) is 18.1. The van der Waals surface area contributed by atoms with Gasteiger partial charge in [-0.05, 0) is 18.9 Å². The number of nitrogens with two attached hydrogens (primary N) is 1. The molecule has 3 nitrogen and oxygen atoms in total. The van der Waals surface area contributed by atoms with E-state index in [2.05, 4.69) is 35.5 Å². The zero-order valence-electron chi connectivity index (χ0n) is 13.9. The molecule has 0 saturated heterocycles. The lowest BCUT2D eigenvalue weighted by molar-refractivity contribution is 0.333. The van der Waals surface area contributed by atoms with Gasteiger partial charge in [0.25, 0.3) is 0 Å². The fourth-order valence-corrected chi connectivity index (χ4v) is 2.75. The summed E-state index contributed by atoms with van der Waals surface area (Å²) in [4.78, 5) is 2.24. The molecule has 3 N–H and O–H groups in total. The first-order chi connectivity index (χ1) is 10.4. The Hall–Kier alpha value is -0.960. The van der Waals surface area contributed by atoms with Crippen molar-refractivity contribution in [3.8, 4) is 0 Å². The number of hydrogen-bond donors (Lipinski definition) is 2. The Labute approximate surface area is 131 Å². The summed E-state index contributed by atoms with van der Waals surface area (Å²) in [6.07, 6.45) is 22.8. The van der Waals surface area contributed by atoms with Crippen LogP contribution in [0.1, 0.15) is 71.1 Å². The molecule has 0 bridgehead atoms. The van der Waals surface area contributed by atoms with Gasteiger partial charge in [-0.1, -0.05) is 64.4 Å². The summed E-state index contributed by atoms with van der Waals surface area (Å²) in [5, 5.41) is 3.33. The third-order valence-electron chi connectivity index (χ3n) is 4.07. The summed E-state index contributed by atoms with van der Waals surface area (Å²) >= 11 is 0. The zero-order chi connectivity index (χ0) is 15.2. The normalized spacial score (nSPS) is 17.8. The Morgan fingerprint density at radius 2 is 1.71 bits per heavy atom. The zero-order valence-corrected chi connectivity index (χ0v) is 13.9.